The van der Waals surface area contributed by atoms with E-state index in [9.17, 15) is 0 Å². The third-order valence-electron chi connectivity index (χ3n) is 12.3. The molecule has 290 valence electrons. The molecule has 0 spiro atoms. The van der Waals surface area contributed by atoms with E-state index < -0.39 is 0 Å². The van der Waals surface area contributed by atoms with Crippen LogP contribution in [0.4, 0.5) is 34.1 Å². The van der Waals surface area contributed by atoms with Gasteiger partial charge in [-0.05, 0) is 130 Å². The molecule has 9 aromatic rings. The second-order valence-electron chi connectivity index (χ2n) is 16.0. The van der Waals surface area contributed by atoms with Gasteiger partial charge in [-0.3, -0.25) is 0 Å². The average molecular weight is 773 g/mol. The van der Waals surface area contributed by atoms with Crippen LogP contribution in [0.2, 0.25) is 0 Å². The lowest BCUT2D eigenvalue weighted by Crippen LogP contribution is -2.13. The van der Waals surface area contributed by atoms with Crippen molar-refractivity contribution in [1.29, 1.82) is 0 Å². The Morgan fingerprint density at radius 1 is 0.300 bits per heavy atom. The van der Waals surface area contributed by atoms with Crippen LogP contribution in [0.3, 0.4) is 0 Å². The Kier molecular flexibility index (Phi) is 10.5. The van der Waals surface area contributed by atoms with Crippen LogP contribution in [0.15, 0.2) is 224 Å². The highest BCUT2D eigenvalue weighted by Crippen LogP contribution is 2.46. The summed E-state index contributed by atoms with van der Waals surface area (Å²) in [6.07, 6.45) is 6.58. The molecule has 0 N–H and O–H groups in total. The molecule has 9 aromatic carbocycles. The van der Waals surface area contributed by atoms with E-state index in [0.29, 0.717) is 5.92 Å². The zero-order chi connectivity index (χ0) is 40.1. The SMILES string of the molecule is c1ccc(-c2ccc(N(c3ccc(-c4ccccc4)cc3)c3ccc(N(c4ccc(C5CCCCC5)cc4)c4ccc5ccccc5c4-c4ccccc4)cc3)cc2)cc1. The Morgan fingerprint density at radius 2 is 0.700 bits per heavy atom. The Hall–Kier alpha value is -7.16. The number of fused-ring (bicyclic) bond motifs is 1. The molecule has 1 fully saturated rings. The molecule has 0 aromatic heterocycles. The lowest BCUT2D eigenvalue weighted by molar-refractivity contribution is 0.443. The van der Waals surface area contributed by atoms with Gasteiger partial charge in [0.05, 0.1) is 5.69 Å². The van der Waals surface area contributed by atoms with Gasteiger partial charge in [0.15, 0.2) is 0 Å². The van der Waals surface area contributed by atoms with Crippen LogP contribution < -0.4 is 9.80 Å². The molecule has 1 aliphatic carbocycles. The van der Waals surface area contributed by atoms with E-state index in [-0.39, 0.29) is 0 Å². The zero-order valence-electron chi connectivity index (χ0n) is 33.9. The van der Waals surface area contributed by atoms with Crippen LogP contribution in [-0.4, -0.2) is 0 Å². The van der Waals surface area contributed by atoms with Crippen molar-refractivity contribution in [3.05, 3.63) is 230 Å². The molecule has 0 amide bonds. The highest BCUT2D eigenvalue weighted by atomic mass is 15.2. The molecule has 1 aliphatic rings. The van der Waals surface area contributed by atoms with E-state index in [1.54, 1.807) is 0 Å². The van der Waals surface area contributed by atoms with E-state index in [2.05, 4.69) is 234 Å². The summed E-state index contributed by atoms with van der Waals surface area (Å²) in [5.74, 6) is 0.649. The molecule has 0 radical (unpaired) electrons. The molecule has 10 rings (SSSR count). The summed E-state index contributed by atoms with van der Waals surface area (Å²) < 4.78 is 0. The van der Waals surface area contributed by atoms with Crippen molar-refractivity contribution in [2.45, 2.75) is 38.0 Å². The molecule has 0 saturated heterocycles. The lowest BCUT2D eigenvalue weighted by atomic mass is 9.84. The van der Waals surface area contributed by atoms with E-state index in [1.807, 2.05) is 0 Å². The summed E-state index contributed by atoms with van der Waals surface area (Å²) in [4.78, 5) is 4.82. The van der Waals surface area contributed by atoms with Gasteiger partial charge in [0.1, 0.15) is 0 Å². The van der Waals surface area contributed by atoms with Gasteiger partial charge >= 0.3 is 0 Å². The van der Waals surface area contributed by atoms with Gasteiger partial charge in [-0.15, -0.1) is 0 Å². The fraction of sp³-hybridized carbons (Fsp3) is 0.103. The third kappa shape index (κ3) is 7.61. The second-order valence-corrected chi connectivity index (χ2v) is 16.0. The maximum atomic E-state index is 2.46. The zero-order valence-corrected chi connectivity index (χ0v) is 33.9. The third-order valence-corrected chi connectivity index (χ3v) is 12.3. The number of nitrogens with zero attached hydrogens (tertiary/aromatic N) is 2. The number of hydrogen-bond donors (Lipinski definition) is 0. The first-order valence-corrected chi connectivity index (χ1v) is 21.5. The summed E-state index contributed by atoms with van der Waals surface area (Å²) in [6, 6.07) is 81.9. The standard InChI is InChI=1S/C58H48N2/c1-5-15-43(16-6-1)46-25-32-51(33-26-46)59(52-34-27-47(28-35-52)44-17-7-2-8-18-44)53-38-40-55(41-39-53)60(54-36-29-48(30-37-54)45-19-9-3-10-20-45)57-42-31-49-21-13-14-24-56(49)58(57)50-22-11-4-12-23-50/h1-2,4-8,11-18,21-42,45H,3,9-10,19-20H2. The molecule has 60 heavy (non-hydrogen) atoms. The van der Waals surface area contributed by atoms with Crippen molar-refractivity contribution < 1.29 is 0 Å². The molecule has 0 heterocycles. The van der Waals surface area contributed by atoms with E-state index >= 15 is 0 Å². The van der Waals surface area contributed by atoms with Crippen LogP contribution in [0, 0.1) is 0 Å². The number of anilines is 6. The van der Waals surface area contributed by atoms with Crippen LogP contribution in [0.25, 0.3) is 44.2 Å². The predicted octanol–water partition coefficient (Wildman–Crippen LogP) is 16.8. The molecular weight excluding hydrogens is 725 g/mol. The number of hydrogen-bond acceptors (Lipinski definition) is 2. The van der Waals surface area contributed by atoms with Crippen molar-refractivity contribution >= 4 is 44.9 Å². The fourth-order valence-corrected chi connectivity index (χ4v) is 9.18. The minimum absolute atomic E-state index is 0.649. The molecule has 0 atom stereocenters. The fourth-order valence-electron chi connectivity index (χ4n) is 9.18. The van der Waals surface area contributed by atoms with Gasteiger partial charge in [-0.25, -0.2) is 0 Å². The van der Waals surface area contributed by atoms with Crippen LogP contribution in [0.1, 0.15) is 43.6 Å². The molecular formula is C58H48N2. The Labute approximate surface area is 354 Å². The lowest BCUT2D eigenvalue weighted by Gasteiger charge is -2.31. The first kappa shape index (κ1) is 37.1. The molecule has 0 unspecified atom stereocenters. The minimum Gasteiger partial charge on any atom is -0.311 e. The number of benzene rings is 9. The molecule has 2 heteroatoms. The average Bonchev–Trinajstić information content (AvgIpc) is 3.34. The largest absolute Gasteiger partial charge is 0.311 e. The maximum Gasteiger partial charge on any atom is 0.0546 e. The van der Waals surface area contributed by atoms with Crippen molar-refractivity contribution in [3.8, 4) is 33.4 Å². The van der Waals surface area contributed by atoms with Gasteiger partial charge in [0.2, 0.25) is 0 Å². The van der Waals surface area contributed by atoms with Gasteiger partial charge in [0.25, 0.3) is 0 Å². The summed E-state index contributed by atoms with van der Waals surface area (Å²) >= 11 is 0. The van der Waals surface area contributed by atoms with Crippen LogP contribution in [0.5, 0.6) is 0 Å². The van der Waals surface area contributed by atoms with Gasteiger partial charge in [0, 0.05) is 34.0 Å². The predicted molar refractivity (Wildman–Crippen MR) is 255 cm³/mol. The molecule has 0 bridgehead atoms. The van der Waals surface area contributed by atoms with Gasteiger partial charge in [-0.2, -0.15) is 0 Å². The first-order chi connectivity index (χ1) is 29.8. The number of rotatable bonds is 10. The summed E-state index contributed by atoms with van der Waals surface area (Å²) in [5.41, 5.74) is 15.4. The topological polar surface area (TPSA) is 6.48 Å². The monoisotopic (exact) mass is 772 g/mol. The van der Waals surface area contributed by atoms with Crippen molar-refractivity contribution in [1.82, 2.24) is 0 Å². The minimum atomic E-state index is 0.649. The molecule has 1 saturated carbocycles. The first-order valence-electron chi connectivity index (χ1n) is 21.5. The van der Waals surface area contributed by atoms with Crippen LogP contribution in [-0.2, 0) is 0 Å². The Bertz CT molecular complexity index is 2710. The Morgan fingerprint density at radius 3 is 1.22 bits per heavy atom. The van der Waals surface area contributed by atoms with Crippen molar-refractivity contribution in [3.63, 3.8) is 0 Å². The maximum absolute atomic E-state index is 2.46. The molecule has 0 aliphatic heterocycles. The highest BCUT2D eigenvalue weighted by molar-refractivity contribution is 6.05. The van der Waals surface area contributed by atoms with E-state index in [1.165, 1.54) is 81.8 Å². The highest BCUT2D eigenvalue weighted by Gasteiger charge is 2.22. The quantitative estimate of drug-likeness (QED) is 0.137. The second kappa shape index (κ2) is 17.0. The van der Waals surface area contributed by atoms with Gasteiger partial charge in [-0.1, -0.05) is 177 Å². The smallest absolute Gasteiger partial charge is 0.0546 e. The van der Waals surface area contributed by atoms with Crippen molar-refractivity contribution in [2.75, 3.05) is 9.80 Å². The normalized spacial score (nSPS) is 12.9. The van der Waals surface area contributed by atoms with Crippen molar-refractivity contribution in [2.24, 2.45) is 0 Å². The van der Waals surface area contributed by atoms with E-state index in [4.69, 9.17) is 0 Å². The Balaban J connectivity index is 1.09. The van der Waals surface area contributed by atoms with Crippen LogP contribution >= 0.6 is 0 Å². The van der Waals surface area contributed by atoms with E-state index in [0.717, 1.165) is 34.1 Å². The van der Waals surface area contributed by atoms with Gasteiger partial charge < -0.3 is 9.80 Å². The summed E-state index contributed by atoms with van der Waals surface area (Å²) in [7, 11) is 0. The summed E-state index contributed by atoms with van der Waals surface area (Å²) in [6.45, 7) is 0. The molecule has 2 nitrogen and oxygen atoms in total. The summed E-state index contributed by atoms with van der Waals surface area (Å²) in [5, 5.41) is 2.47.